The van der Waals surface area contributed by atoms with E-state index >= 15 is 0 Å². The summed E-state index contributed by atoms with van der Waals surface area (Å²) in [6.45, 7) is 5.16. The van der Waals surface area contributed by atoms with Crippen molar-refractivity contribution in [2.24, 2.45) is 0 Å². The van der Waals surface area contributed by atoms with Gasteiger partial charge in [-0.25, -0.2) is 4.98 Å². The third-order valence-electron chi connectivity index (χ3n) is 1.85. The van der Waals surface area contributed by atoms with Crippen molar-refractivity contribution in [2.45, 2.75) is 13.5 Å². The van der Waals surface area contributed by atoms with E-state index in [-0.39, 0.29) is 0 Å². The maximum atomic E-state index is 4.94. The summed E-state index contributed by atoms with van der Waals surface area (Å²) in [6.07, 6.45) is 3.48. The minimum absolute atomic E-state index is 0.666. The van der Waals surface area contributed by atoms with Crippen LogP contribution in [0.1, 0.15) is 12.6 Å². The van der Waals surface area contributed by atoms with E-state index in [0.29, 0.717) is 6.61 Å². The van der Waals surface area contributed by atoms with Crippen molar-refractivity contribution < 1.29 is 4.74 Å². The molecule has 0 aromatic carbocycles. The summed E-state index contributed by atoms with van der Waals surface area (Å²) in [6, 6.07) is 0. The fourth-order valence-electron chi connectivity index (χ4n) is 1.11. The number of hydrogen-bond acceptors (Lipinski definition) is 5. The summed E-state index contributed by atoms with van der Waals surface area (Å²) >= 11 is 0. The Morgan fingerprint density at radius 3 is 3.00 bits per heavy atom. The van der Waals surface area contributed by atoms with Crippen LogP contribution in [0.2, 0.25) is 0 Å². The summed E-state index contributed by atoms with van der Waals surface area (Å²) in [5.74, 6) is 0.794. The summed E-state index contributed by atoms with van der Waals surface area (Å²) in [5.41, 5.74) is 0.944. The predicted octanol–water partition coefficient (Wildman–Crippen LogP) is 0.644. The van der Waals surface area contributed by atoms with Crippen molar-refractivity contribution in [1.82, 2.24) is 15.3 Å². The quantitative estimate of drug-likeness (QED) is 0.647. The minimum atomic E-state index is 0.666. The van der Waals surface area contributed by atoms with Gasteiger partial charge in [0.2, 0.25) is 0 Å². The normalized spacial score (nSPS) is 10.3. The summed E-state index contributed by atoms with van der Waals surface area (Å²) in [5, 5.41) is 6.34. The van der Waals surface area contributed by atoms with Crippen LogP contribution in [0.4, 0.5) is 5.82 Å². The molecule has 5 heteroatoms. The van der Waals surface area contributed by atoms with E-state index in [4.69, 9.17) is 4.74 Å². The van der Waals surface area contributed by atoms with Gasteiger partial charge in [-0.1, -0.05) is 6.92 Å². The number of ether oxygens (including phenoxy) is 1. The summed E-state index contributed by atoms with van der Waals surface area (Å²) in [7, 11) is 1.68. The van der Waals surface area contributed by atoms with E-state index in [1.165, 1.54) is 0 Å². The molecule has 0 spiro atoms. The Kier molecular flexibility index (Phi) is 5.65. The molecule has 5 nitrogen and oxygen atoms in total. The Balaban J connectivity index is 2.42. The average Bonchev–Trinajstić information content (AvgIpc) is 2.27. The van der Waals surface area contributed by atoms with Crippen LogP contribution in [0.5, 0.6) is 0 Å². The Morgan fingerprint density at radius 1 is 1.40 bits per heavy atom. The molecule has 0 aliphatic rings. The van der Waals surface area contributed by atoms with E-state index in [1.54, 1.807) is 19.5 Å². The highest BCUT2D eigenvalue weighted by Crippen LogP contribution is 2.01. The SMILES string of the molecule is CCNCc1cncc(NCCOC)n1. The minimum Gasteiger partial charge on any atom is -0.383 e. The second-order valence-corrected chi connectivity index (χ2v) is 3.10. The van der Waals surface area contributed by atoms with Crippen molar-refractivity contribution in [2.75, 3.05) is 32.1 Å². The first kappa shape index (κ1) is 11.9. The van der Waals surface area contributed by atoms with Gasteiger partial charge >= 0.3 is 0 Å². The highest BCUT2D eigenvalue weighted by Gasteiger charge is 1.97. The highest BCUT2D eigenvalue weighted by atomic mass is 16.5. The third-order valence-corrected chi connectivity index (χ3v) is 1.85. The molecule has 0 unspecified atom stereocenters. The van der Waals surface area contributed by atoms with Gasteiger partial charge in [0, 0.05) is 26.4 Å². The number of rotatable bonds is 7. The van der Waals surface area contributed by atoms with Crippen LogP contribution >= 0.6 is 0 Å². The molecular formula is C10H18N4O. The molecule has 0 fully saturated rings. The number of nitrogens with one attached hydrogen (secondary N) is 2. The maximum Gasteiger partial charge on any atom is 0.144 e. The molecule has 1 aromatic heterocycles. The monoisotopic (exact) mass is 210 g/mol. The fourth-order valence-corrected chi connectivity index (χ4v) is 1.11. The second-order valence-electron chi connectivity index (χ2n) is 3.10. The van der Waals surface area contributed by atoms with E-state index in [9.17, 15) is 0 Å². The molecule has 2 N–H and O–H groups in total. The van der Waals surface area contributed by atoms with Crippen LogP contribution in [0.3, 0.4) is 0 Å². The molecular weight excluding hydrogens is 192 g/mol. The molecule has 15 heavy (non-hydrogen) atoms. The first-order chi connectivity index (χ1) is 7.36. The molecule has 0 saturated carbocycles. The standard InChI is InChI=1S/C10H18N4O/c1-3-11-6-9-7-12-8-10(14-9)13-4-5-15-2/h7-8,11H,3-6H2,1-2H3,(H,13,14). The van der Waals surface area contributed by atoms with Crippen LogP contribution in [-0.4, -0.2) is 36.8 Å². The molecule has 0 aliphatic heterocycles. The molecule has 0 radical (unpaired) electrons. The van der Waals surface area contributed by atoms with Crippen molar-refractivity contribution in [3.63, 3.8) is 0 Å². The smallest absolute Gasteiger partial charge is 0.144 e. The van der Waals surface area contributed by atoms with Crippen molar-refractivity contribution in [3.05, 3.63) is 18.1 Å². The number of methoxy groups -OCH3 is 1. The molecule has 0 bridgehead atoms. The largest absolute Gasteiger partial charge is 0.383 e. The molecule has 1 aromatic rings. The van der Waals surface area contributed by atoms with E-state index in [0.717, 1.165) is 31.1 Å². The Bertz CT molecular complexity index is 280. The highest BCUT2D eigenvalue weighted by molar-refractivity contribution is 5.31. The zero-order valence-electron chi connectivity index (χ0n) is 9.29. The third kappa shape index (κ3) is 4.71. The first-order valence-corrected chi connectivity index (χ1v) is 5.11. The number of hydrogen-bond donors (Lipinski definition) is 2. The second kappa shape index (κ2) is 7.14. The Labute approximate surface area is 90.3 Å². The van der Waals surface area contributed by atoms with Gasteiger partial charge < -0.3 is 15.4 Å². The topological polar surface area (TPSA) is 59.1 Å². The van der Waals surface area contributed by atoms with Crippen molar-refractivity contribution in [3.8, 4) is 0 Å². The molecule has 1 rings (SSSR count). The lowest BCUT2D eigenvalue weighted by atomic mass is 10.4. The molecule has 84 valence electrons. The van der Waals surface area contributed by atoms with Crippen LogP contribution in [-0.2, 0) is 11.3 Å². The number of nitrogens with zero attached hydrogens (tertiary/aromatic N) is 2. The Hall–Kier alpha value is -1.20. The first-order valence-electron chi connectivity index (χ1n) is 5.11. The van der Waals surface area contributed by atoms with Gasteiger partial charge in [-0.2, -0.15) is 0 Å². The van der Waals surface area contributed by atoms with E-state index in [1.807, 2.05) is 0 Å². The summed E-state index contributed by atoms with van der Waals surface area (Å²) in [4.78, 5) is 8.50. The lowest BCUT2D eigenvalue weighted by Crippen LogP contribution is -2.15. The molecule has 0 aliphatic carbocycles. The summed E-state index contributed by atoms with van der Waals surface area (Å²) < 4.78 is 4.94. The van der Waals surface area contributed by atoms with E-state index < -0.39 is 0 Å². The van der Waals surface area contributed by atoms with Crippen LogP contribution < -0.4 is 10.6 Å². The predicted molar refractivity (Wildman–Crippen MR) is 59.8 cm³/mol. The number of anilines is 1. The van der Waals surface area contributed by atoms with Gasteiger partial charge in [-0.05, 0) is 6.54 Å². The zero-order valence-corrected chi connectivity index (χ0v) is 9.29. The van der Waals surface area contributed by atoms with Gasteiger partial charge in [0.1, 0.15) is 5.82 Å². The van der Waals surface area contributed by atoms with Gasteiger partial charge in [-0.15, -0.1) is 0 Å². The number of aromatic nitrogens is 2. The van der Waals surface area contributed by atoms with Crippen molar-refractivity contribution in [1.29, 1.82) is 0 Å². The molecule has 0 saturated heterocycles. The van der Waals surface area contributed by atoms with Crippen molar-refractivity contribution >= 4 is 5.82 Å². The molecule has 0 atom stereocenters. The lowest BCUT2D eigenvalue weighted by Gasteiger charge is -2.06. The Morgan fingerprint density at radius 2 is 2.27 bits per heavy atom. The average molecular weight is 210 g/mol. The van der Waals surface area contributed by atoms with Gasteiger partial charge in [-0.3, -0.25) is 4.98 Å². The lowest BCUT2D eigenvalue weighted by molar-refractivity contribution is 0.210. The van der Waals surface area contributed by atoms with Gasteiger partial charge in [0.25, 0.3) is 0 Å². The van der Waals surface area contributed by atoms with Gasteiger partial charge in [0.05, 0.1) is 18.5 Å². The molecule has 0 amide bonds. The zero-order chi connectivity index (χ0) is 10.9. The van der Waals surface area contributed by atoms with Crippen LogP contribution in [0.25, 0.3) is 0 Å². The van der Waals surface area contributed by atoms with Crippen LogP contribution in [0.15, 0.2) is 12.4 Å². The maximum absolute atomic E-state index is 4.94. The van der Waals surface area contributed by atoms with Gasteiger partial charge in [0.15, 0.2) is 0 Å². The van der Waals surface area contributed by atoms with Crippen LogP contribution in [0, 0.1) is 0 Å². The fraction of sp³-hybridized carbons (Fsp3) is 0.600. The van der Waals surface area contributed by atoms with E-state index in [2.05, 4.69) is 27.5 Å². The molecule has 1 heterocycles.